The van der Waals surface area contributed by atoms with Crippen LogP contribution >= 0.6 is 0 Å². The molecule has 1 aromatic carbocycles. The number of rotatable bonds is 4. The third-order valence-electron chi connectivity index (χ3n) is 6.51. The highest BCUT2D eigenvalue weighted by Crippen LogP contribution is 2.40. The molecule has 3 amide bonds. The molecule has 10 heteroatoms. The van der Waals surface area contributed by atoms with Gasteiger partial charge in [-0.2, -0.15) is 0 Å². The number of fused-ring (bicyclic) bond motifs is 1. The lowest BCUT2D eigenvalue weighted by molar-refractivity contribution is -0.123. The minimum Gasteiger partial charge on any atom is -0.456 e. The summed E-state index contributed by atoms with van der Waals surface area (Å²) in [6.07, 6.45) is 3.41. The van der Waals surface area contributed by atoms with Crippen LogP contribution in [-0.4, -0.2) is 30.9 Å². The third kappa shape index (κ3) is 3.35. The van der Waals surface area contributed by atoms with Crippen LogP contribution in [0.2, 0.25) is 0 Å². The number of carbonyl (C=O) groups is 2. The van der Waals surface area contributed by atoms with Crippen molar-refractivity contribution in [2.45, 2.75) is 43.2 Å². The zero-order valence-corrected chi connectivity index (χ0v) is 18.2. The monoisotopic (exact) mass is 454 g/mol. The molecule has 32 heavy (non-hydrogen) atoms. The van der Waals surface area contributed by atoms with Crippen LogP contribution in [0.3, 0.4) is 0 Å². The van der Waals surface area contributed by atoms with Crippen molar-refractivity contribution >= 4 is 32.9 Å². The lowest BCUT2D eigenvalue weighted by atomic mass is 9.91. The van der Waals surface area contributed by atoms with Gasteiger partial charge in [-0.05, 0) is 61.8 Å². The largest absolute Gasteiger partial charge is 0.456 e. The summed E-state index contributed by atoms with van der Waals surface area (Å²) in [4.78, 5) is 28.1. The summed E-state index contributed by atoms with van der Waals surface area (Å²) in [6, 6.07) is 8.98. The van der Waals surface area contributed by atoms with Gasteiger partial charge in [0.15, 0.2) is 5.03 Å². The molecule has 2 aliphatic rings. The van der Waals surface area contributed by atoms with Gasteiger partial charge in [0.25, 0.3) is 15.9 Å². The van der Waals surface area contributed by atoms with Gasteiger partial charge < -0.3 is 9.73 Å². The maximum atomic E-state index is 12.3. The summed E-state index contributed by atoms with van der Waals surface area (Å²) in [7, 11) is -4.06. The summed E-state index contributed by atoms with van der Waals surface area (Å²) >= 11 is 0. The van der Waals surface area contributed by atoms with Crippen LogP contribution in [0.5, 0.6) is 0 Å². The Morgan fingerprint density at radius 1 is 1.28 bits per heavy atom. The van der Waals surface area contributed by atoms with Gasteiger partial charge in [-0.3, -0.25) is 10.1 Å². The van der Waals surface area contributed by atoms with E-state index >= 15 is 0 Å². The molecule has 3 aromatic rings. The molecule has 5 rings (SSSR count). The number of aromatic nitrogens is 1. The van der Waals surface area contributed by atoms with Crippen LogP contribution in [0, 0.1) is 12.8 Å². The van der Waals surface area contributed by atoms with E-state index in [0.717, 1.165) is 11.0 Å². The fourth-order valence-electron chi connectivity index (χ4n) is 4.93. The second-order valence-corrected chi connectivity index (χ2v) is 10.1. The quantitative estimate of drug-likeness (QED) is 0.516. The van der Waals surface area contributed by atoms with Crippen molar-refractivity contribution in [1.29, 1.82) is 0 Å². The van der Waals surface area contributed by atoms with Gasteiger partial charge in [0.2, 0.25) is 0 Å². The molecule has 2 atom stereocenters. The van der Waals surface area contributed by atoms with Gasteiger partial charge in [0.1, 0.15) is 16.9 Å². The van der Waals surface area contributed by atoms with Crippen LogP contribution in [-0.2, 0) is 21.2 Å². The maximum Gasteiger partial charge on any atom is 0.322 e. The number of imide groups is 1. The standard InChI is InChI=1S/C22H22N4O5S/c1-12-15(8-13-6-7-22(10-13)20(27)25-21(28)26-22)19(32(23,29)30)24-11-16(12)18-9-14-4-2-3-5-17(14)31-18/h2-5,9,11,13H,6-8,10H2,1H3,(H2,23,29,30)(H2,25,26,27,28). The van der Waals surface area contributed by atoms with E-state index in [4.69, 9.17) is 9.56 Å². The number of hydrogen-bond donors (Lipinski definition) is 3. The van der Waals surface area contributed by atoms with Crippen molar-refractivity contribution in [3.63, 3.8) is 0 Å². The van der Waals surface area contributed by atoms with Gasteiger partial charge in [-0.25, -0.2) is 23.3 Å². The molecule has 0 bridgehead atoms. The van der Waals surface area contributed by atoms with E-state index in [-0.39, 0.29) is 16.9 Å². The molecule has 2 fully saturated rings. The van der Waals surface area contributed by atoms with Crippen LogP contribution in [0.1, 0.15) is 30.4 Å². The van der Waals surface area contributed by atoms with Crippen molar-refractivity contribution in [2.24, 2.45) is 11.1 Å². The zero-order valence-electron chi connectivity index (χ0n) is 17.3. The molecular weight excluding hydrogens is 432 g/mol. The minimum absolute atomic E-state index is 0.0222. The van der Waals surface area contributed by atoms with E-state index in [1.165, 1.54) is 6.20 Å². The summed E-state index contributed by atoms with van der Waals surface area (Å²) < 4.78 is 30.5. The molecule has 1 saturated heterocycles. The number of primary sulfonamides is 1. The van der Waals surface area contributed by atoms with Gasteiger partial charge >= 0.3 is 6.03 Å². The Hall–Kier alpha value is -3.24. The first-order valence-electron chi connectivity index (χ1n) is 10.3. The highest BCUT2D eigenvalue weighted by Gasteiger charge is 2.51. The summed E-state index contributed by atoms with van der Waals surface area (Å²) in [5.74, 6) is 0.234. The fraction of sp³-hybridized carbons (Fsp3) is 0.318. The van der Waals surface area contributed by atoms with Crippen molar-refractivity contribution in [3.05, 3.63) is 47.7 Å². The first kappa shape index (κ1) is 20.7. The predicted octanol–water partition coefficient (Wildman–Crippen LogP) is 2.37. The Balaban J connectivity index is 1.54. The Bertz CT molecular complexity index is 1350. The Labute approximate surface area is 184 Å². The molecule has 1 spiro atoms. The topological polar surface area (TPSA) is 144 Å². The minimum atomic E-state index is -4.06. The van der Waals surface area contributed by atoms with Crippen LogP contribution in [0.25, 0.3) is 22.3 Å². The zero-order chi connectivity index (χ0) is 22.7. The second kappa shape index (κ2) is 7.14. The number of amides is 3. The van der Waals surface area contributed by atoms with Crippen molar-refractivity contribution in [1.82, 2.24) is 15.6 Å². The van der Waals surface area contributed by atoms with Crippen LogP contribution < -0.4 is 15.8 Å². The highest BCUT2D eigenvalue weighted by atomic mass is 32.2. The van der Waals surface area contributed by atoms with E-state index in [1.54, 1.807) is 0 Å². The van der Waals surface area contributed by atoms with E-state index in [1.807, 2.05) is 37.3 Å². The molecule has 4 N–H and O–H groups in total. The smallest absolute Gasteiger partial charge is 0.322 e. The molecule has 1 saturated carbocycles. The SMILES string of the molecule is Cc1c(-c2cc3ccccc3o2)cnc(S(N)(=O)=O)c1CC1CCC2(C1)NC(=O)NC2=O. The molecule has 166 valence electrons. The second-order valence-electron chi connectivity index (χ2n) is 8.58. The average Bonchev–Trinajstić information content (AvgIpc) is 3.40. The predicted molar refractivity (Wildman–Crippen MR) is 116 cm³/mol. The van der Waals surface area contributed by atoms with E-state index in [9.17, 15) is 18.0 Å². The number of nitrogens with zero attached hydrogens (tertiary/aromatic N) is 1. The normalized spacial score (nSPS) is 23.1. The average molecular weight is 455 g/mol. The molecular formula is C22H22N4O5S. The number of para-hydroxylation sites is 1. The van der Waals surface area contributed by atoms with Crippen molar-refractivity contribution in [3.8, 4) is 11.3 Å². The van der Waals surface area contributed by atoms with Gasteiger partial charge in [0.05, 0.1) is 0 Å². The number of urea groups is 1. The van der Waals surface area contributed by atoms with Gasteiger partial charge in [0, 0.05) is 17.1 Å². The number of hydrogen-bond acceptors (Lipinski definition) is 6. The Morgan fingerprint density at radius 2 is 2.06 bits per heavy atom. The van der Waals surface area contributed by atoms with E-state index < -0.39 is 21.6 Å². The van der Waals surface area contributed by atoms with Crippen molar-refractivity contribution in [2.75, 3.05) is 0 Å². The number of pyridine rings is 1. The molecule has 9 nitrogen and oxygen atoms in total. The first-order chi connectivity index (χ1) is 15.2. The van der Waals surface area contributed by atoms with E-state index in [0.29, 0.717) is 48.1 Å². The lowest BCUT2D eigenvalue weighted by Gasteiger charge is -2.20. The third-order valence-corrected chi connectivity index (χ3v) is 7.40. The molecule has 1 aliphatic carbocycles. The van der Waals surface area contributed by atoms with Gasteiger partial charge in [-0.1, -0.05) is 18.2 Å². The summed E-state index contributed by atoms with van der Waals surface area (Å²) in [5.41, 5.74) is 1.70. The van der Waals surface area contributed by atoms with E-state index in [2.05, 4.69) is 15.6 Å². The molecule has 3 heterocycles. The highest BCUT2D eigenvalue weighted by molar-refractivity contribution is 7.89. The van der Waals surface area contributed by atoms with Crippen LogP contribution in [0.15, 0.2) is 46.0 Å². The Morgan fingerprint density at radius 3 is 2.75 bits per heavy atom. The van der Waals surface area contributed by atoms with Crippen molar-refractivity contribution < 1.29 is 22.4 Å². The maximum absolute atomic E-state index is 12.3. The number of nitrogens with one attached hydrogen (secondary N) is 2. The number of nitrogens with two attached hydrogens (primary N) is 1. The molecule has 2 aromatic heterocycles. The number of sulfonamides is 1. The number of benzene rings is 1. The number of furan rings is 1. The van der Waals surface area contributed by atoms with Crippen LogP contribution in [0.4, 0.5) is 4.79 Å². The summed E-state index contributed by atoms with van der Waals surface area (Å²) in [6.45, 7) is 1.82. The Kier molecular flexibility index (Phi) is 4.61. The van der Waals surface area contributed by atoms with Gasteiger partial charge in [-0.15, -0.1) is 0 Å². The molecule has 1 aliphatic heterocycles. The number of carbonyl (C=O) groups excluding carboxylic acids is 2. The molecule has 2 unspecified atom stereocenters. The lowest BCUT2D eigenvalue weighted by Crippen LogP contribution is -2.44. The first-order valence-corrected chi connectivity index (χ1v) is 11.8. The molecule has 0 radical (unpaired) electrons. The fourth-order valence-corrected chi connectivity index (χ4v) is 5.71. The summed E-state index contributed by atoms with van der Waals surface area (Å²) in [5, 5.41) is 11.3.